The third-order valence-electron chi connectivity index (χ3n) is 5.02. The van der Waals surface area contributed by atoms with E-state index in [1.165, 1.54) is 5.56 Å². The normalized spacial score (nSPS) is 19.6. The summed E-state index contributed by atoms with van der Waals surface area (Å²) in [5.41, 5.74) is 3.38. The van der Waals surface area contributed by atoms with Gasteiger partial charge >= 0.3 is 0 Å². The van der Waals surface area contributed by atoms with E-state index in [4.69, 9.17) is 0 Å². The van der Waals surface area contributed by atoms with E-state index in [1.54, 1.807) is 12.1 Å². The molecule has 3 rings (SSSR count). The van der Waals surface area contributed by atoms with E-state index in [-0.39, 0.29) is 11.8 Å². The van der Waals surface area contributed by atoms with Crippen molar-refractivity contribution in [3.63, 3.8) is 0 Å². The second-order valence-corrected chi connectivity index (χ2v) is 6.76. The van der Waals surface area contributed by atoms with Gasteiger partial charge in [0.2, 0.25) is 0 Å². The molecule has 0 aliphatic heterocycles. The molecule has 2 atom stereocenters. The number of hydrogen-bond acceptors (Lipinski definition) is 4. The zero-order valence-electron chi connectivity index (χ0n) is 14.9. The van der Waals surface area contributed by atoms with Gasteiger partial charge in [-0.3, -0.25) is 4.90 Å². The lowest BCUT2D eigenvalue weighted by Gasteiger charge is -2.38. The Balaban J connectivity index is 1.62. The fourth-order valence-corrected chi connectivity index (χ4v) is 3.75. The van der Waals surface area contributed by atoms with E-state index in [2.05, 4.69) is 35.3 Å². The Bertz CT molecular complexity index is 672. The number of fused-ring (bicyclic) bond motifs is 1. The molecule has 0 saturated carbocycles. The van der Waals surface area contributed by atoms with E-state index >= 15 is 0 Å². The molecule has 3 N–H and O–H groups in total. The van der Waals surface area contributed by atoms with Gasteiger partial charge in [0.15, 0.2) is 0 Å². The Labute approximate surface area is 150 Å². The molecule has 0 amide bonds. The summed E-state index contributed by atoms with van der Waals surface area (Å²) in [5, 5.41) is 23.6. The average Bonchev–Trinajstić information content (AvgIpc) is 2.63. The maximum absolute atomic E-state index is 10.9. The average molecular weight is 340 g/mol. The molecule has 0 fully saturated rings. The van der Waals surface area contributed by atoms with Crippen molar-refractivity contribution in [2.45, 2.75) is 38.3 Å². The lowest BCUT2D eigenvalue weighted by Crippen LogP contribution is -2.44. The van der Waals surface area contributed by atoms with Gasteiger partial charge in [-0.1, -0.05) is 31.2 Å². The Hall–Kier alpha value is -2.04. The molecule has 4 nitrogen and oxygen atoms in total. The Morgan fingerprint density at radius 1 is 1.08 bits per heavy atom. The molecule has 0 aromatic heterocycles. The first-order valence-corrected chi connectivity index (χ1v) is 9.22. The monoisotopic (exact) mass is 340 g/mol. The highest BCUT2D eigenvalue weighted by Gasteiger charge is 2.31. The van der Waals surface area contributed by atoms with Gasteiger partial charge in [0.1, 0.15) is 5.75 Å². The van der Waals surface area contributed by atoms with Gasteiger partial charge in [-0.25, -0.2) is 0 Å². The van der Waals surface area contributed by atoms with Crippen LogP contribution in [0, 0.1) is 0 Å². The number of hydrogen-bond donors (Lipinski definition) is 3. The minimum Gasteiger partial charge on any atom is -0.508 e. The molecule has 1 aliphatic rings. The van der Waals surface area contributed by atoms with Crippen molar-refractivity contribution in [2.24, 2.45) is 0 Å². The quantitative estimate of drug-likeness (QED) is 0.675. The third kappa shape index (κ3) is 4.33. The van der Waals surface area contributed by atoms with E-state index in [0.717, 1.165) is 50.1 Å². The maximum atomic E-state index is 10.9. The van der Waals surface area contributed by atoms with Crippen LogP contribution < -0.4 is 5.32 Å². The lowest BCUT2D eigenvalue weighted by atomic mass is 9.85. The molecular weight excluding hydrogens is 312 g/mol. The fraction of sp³-hybridized carbons (Fsp3) is 0.429. The molecule has 0 spiro atoms. The molecular formula is C21H28N2O2. The molecule has 134 valence electrons. The van der Waals surface area contributed by atoms with Gasteiger partial charge in [-0.15, -0.1) is 0 Å². The van der Waals surface area contributed by atoms with Crippen molar-refractivity contribution in [3.8, 4) is 5.75 Å². The summed E-state index contributed by atoms with van der Waals surface area (Å²) in [6, 6.07) is 15.6. The SMILES string of the molecule is CCCN(CCNc1ccc(O)cc1)C1CCc2ccccc2C1O. The topological polar surface area (TPSA) is 55.7 Å². The minimum absolute atomic E-state index is 0.177. The number of aromatic hydroxyl groups is 1. The Morgan fingerprint density at radius 2 is 1.84 bits per heavy atom. The van der Waals surface area contributed by atoms with Crippen molar-refractivity contribution in [3.05, 3.63) is 59.7 Å². The van der Waals surface area contributed by atoms with Crippen LogP contribution in [0.5, 0.6) is 5.75 Å². The molecule has 0 bridgehead atoms. The number of anilines is 1. The Kier molecular flexibility index (Phi) is 5.95. The van der Waals surface area contributed by atoms with Crippen LogP contribution >= 0.6 is 0 Å². The van der Waals surface area contributed by atoms with Gasteiger partial charge in [0, 0.05) is 24.8 Å². The summed E-state index contributed by atoms with van der Waals surface area (Å²) in [6.45, 7) is 4.87. The predicted octanol–water partition coefficient (Wildman–Crippen LogP) is 3.56. The van der Waals surface area contributed by atoms with Gasteiger partial charge < -0.3 is 15.5 Å². The van der Waals surface area contributed by atoms with Crippen molar-refractivity contribution in [1.82, 2.24) is 4.90 Å². The molecule has 2 unspecified atom stereocenters. The summed E-state index contributed by atoms with van der Waals surface area (Å²) < 4.78 is 0. The van der Waals surface area contributed by atoms with Crippen molar-refractivity contribution in [1.29, 1.82) is 0 Å². The second kappa shape index (κ2) is 8.37. The number of aliphatic hydroxyl groups excluding tert-OH is 1. The fourth-order valence-electron chi connectivity index (χ4n) is 3.75. The zero-order chi connectivity index (χ0) is 17.6. The van der Waals surface area contributed by atoms with Crippen molar-refractivity contribution < 1.29 is 10.2 Å². The molecule has 25 heavy (non-hydrogen) atoms. The number of rotatable bonds is 7. The highest BCUT2D eigenvalue weighted by molar-refractivity contribution is 5.45. The van der Waals surface area contributed by atoms with Gasteiger partial charge in [0.05, 0.1) is 6.10 Å². The van der Waals surface area contributed by atoms with Gasteiger partial charge in [-0.2, -0.15) is 0 Å². The zero-order valence-corrected chi connectivity index (χ0v) is 14.9. The number of phenols is 1. The van der Waals surface area contributed by atoms with Gasteiger partial charge in [0.25, 0.3) is 0 Å². The van der Waals surface area contributed by atoms with Crippen LogP contribution in [0.1, 0.15) is 37.0 Å². The van der Waals surface area contributed by atoms with Gasteiger partial charge in [-0.05, 0) is 61.2 Å². The first-order chi connectivity index (χ1) is 12.2. The van der Waals surface area contributed by atoms with Crippen LogP contribution in [0.4, 0.5) is 5.69 Å². The minimum atomic E-state index is -0.412. The highest BCUT2D eigenvalue weighted by Crippen LogP contribution is 2.32. The number of aliphatic hydroxyl groups is 1. The van der Waals surface area contributed by atoms with E-state index in [9.17, 15) is 10.2 Å². The standard InChI is InChI=1S/C21H28N2O2/c1-2-14-23(15-13-22-17-8-10-18(24)11-9-17)20-12-7-16-5-3-4-6-19(16)21(20)25/h3-6,8-11,20-22,24-25H,2,7,12-15H2,1H3. The van der Waals surface area contributed by atoms with Crippen molar-refractivity contribution >= 4 is 5.69 Å². The second-order valence-electron chi connectivity index (χ2n) is 6.76. The maximum Gasteiger partial charge on any atom is 0.115 e. The van der Waals surface area contributed by atoms with Crippen LogP contribution in [-0.2, 0) is 6.42 Å². The van der Waals surface area contributed by atoms with Crippen LogP contribution in [0.3, 0.4) is 0 Å². The van der Waals surface area contributed by atoms with Crippen LogP contribution in [0.15, 0.2) is 48.5 Å². The summed E-state index contributed by atoms with van der Waals surface area (Å²) in [5.74, 6) is 0.280. The molecule has 0 saturated heterocycles. The molecule has 2 aromatic carbocycles. The largest absolute Gasteiger partial charge is 0.508 e. The highest BCUT2D eigenvalue weighted by atomic mass is 16.3. The smallest absolute Gasteiger partial charge is 0.115 e. The Morgan fingerprint density at radius 3 is 2.60 bits per heavy atom. The van der Waals surface area contributed by atoms with Crippen LogP contribution in [-0.4, -0.2) is 40.8 Å². The lowest BCUT2D eigenvalue weighted by molar-refractivity contribution is 0.0379. The third-order valence-corrected chi connectivity index (χ3v) is 5.02. The van der Waals surface area contributed by atoms with E-state index in [0.29, 0.717) is 0 Å². The molecule has 1 aliphatic carbocycles. The first kappa shape index (κ1) is 17.8. The number of aryl methyl sites for hydroxylation is 1. The molecule has 0 radical (unpaired) electrons. The number of nitrogens with zero attached hydrogens (tertiary/aromatic N) is 1. The predicted molar refractivity (Wildman–Crippen MR) is 102 cm³/mol. The molecule has 4 heteroatoms. The van der Waals surface area contributed by atoms with Crippen molar-refractivity contribution in [2.75, 3.05) is 25.0 Å². The number of phenolic OH excluding ortho intramolecular Hbond substituents is 1. The van der Waals surface area contributed by atoms with E-state index < -0.39 is 6.10 Å². The van der Waals surface area contributed by atoms with Crippen LogP contribution in [0.2, 0.25) is 0 Å². The summed E-state index contributed by atoms with van der Waals surface area (Å²) >= 11 is 0. The first-order valence-electron chi connectivity index (χ1n) is 9.22. The molecule has 2 aromatic rings. The van der Waals surface area contributed by atoms with Crippen LogP contribution in [0.25, 0.3) is 0 Å². The summed E-state index contributed by atoms with van der Waals surface area (Å²) in [7, 11) is 0. The summed E-state index contributed by atoms with van der Waals surface area (Å²) in [6.07, 6.45) is 2.69. The number of nitrogens with one attached hydrogen (secondary N) is 1. The van der Waals surface area contributed by atoms with E-state index in [1.807, 2.05) is 18.2 Å². The summed E-state index contributed by atoms with van der Waals surface area (Å²) in [4.78, 5) is 2.41. The molecule has 0 heterocycles. The number of benzene rings is 2.